The Morgan fingerprint density at radius 3 is 1.36 bits per heavy atom. The zero-order chi connectivity index (χ0) is 35.2. The maximum atomic E-state index is 13.2. The molecule has 16 heteroatoms. The van der Waals surface area contributed by atoms with Gasteiger partial charge >= 0.3 is 30.5 Å². The van der Waals surface area contributed by atoms with Crippen molar-refractivity contribution in [2.75, 3.05) is 13.2 Å². The maximum Gasteiger partial charge on any atom is 0.417 e. The van der Waals surface area contributed by atoms with Gasteiger partial charge in [-0.2, -0.15) is 39.5 Å². The number of carboxylic acid groups (broad SMARTS) is 2. The first-order chi connectivity index (χ1) is 21.8. The van der Waals surface area contributed by atoms with Crippen molar-refractivity contribution >= 4 is 23.5 Å². The molecule has 0 aliphatic rings. The average Bonchev–Trinajstić information content (AvgIpc) is 2.98. The summed E-state index contributed by atoms with van der Waals surface area (Å²) < 4.78 is 127. The third kappa shape index (κ3) is 10.0. The molecule has 0 fully saturated rings. The van der Waals surface area contributed by atoms with Crippen molar-refractivity contribution in [1.29, 1.82) is 0 Å². The van der Waals surface area contributed by atoms with E-state index in [1.807, 2.05) is 0 Å². The van der Waals surface area contributed by atoms with Crippen LogP contribution in [0, 0.1) is 0 Å². The molecule has 0 amide bonds. The van der Waals surface area contributed by atoms with E-state index < -0.39 is 77.2 Å². The van der Waals surface area contributed by atoms with Crippen molar-refractivity contribution < 1.29 is 68.8 Å². The molecule has 0 radical (unpaired) electrons. The standard InChI is InChI=1S/C16H10F6O3.C15H10ClF3O3/c17-15(18,19)9-5-6-13(25-8-14(23)24)11(7-9)10-3-1-2-4-12(10)16(20,21)22;16-12-4-2-1-3-10(12)11-7-9(15(17,18)19)5-6-13(11)22-8-14(20)21/h1-7H,8H2,(H,23,24);1-7H,8H2,(H,20,21). The summed E-state index contributed by atoms with van der Waals surface area (Å²) in [6, 6.07) is 15.1. The number of halogens is 10. The van der Waals surface area contributed by atoms with E-state index in [1.54, 1.807) is 12.1 Å². The molecule has 0 atom stereocenters. The fraction of sp³-hybridized carbons (Fsp3) is 0.161. The second-order valence-electron chi connectivity index (χ2n) is 9.31. The highest BCUT2D eigenvalue weighted by Gasteiger charge is 2.36. The predicted molar refractivity (Wildman–Crippen MR) is 150 cm³/mol. The molecule has 0 aromatic heterocycles. The topological polar surface area (TPSA) is 93.1 Å². The van der Waals surface area contributed by atoms with Crippen LogP contribution in [0.25, 0.3) is 22.3 Å². The number of carbonyl (C=O) groups is 2. The minimum atomic E-state index is -4.81. The predicted octanol–water partition coefficient (Wildman–Crippen LogP) is 9.34. The van der Waals surface area contributed by atoms with Crippen LogP contribution in [0.4, 0.5) is 39.5 Å². The Balaban J connectivity index is 0.000000257. The molecular formula is C31H20ClF9O6. The summed E-state index contributed by atoms with van der Waals surface area (Å²) in [7, 11) is 0. The van der Waals surface area contributed by atoms with Gasteiger partial charge in [-0.1, -0.05) is 48.0 Å². The molecule has 4 aromatic rings. The lowest BCUT2D eigenvalue weighted by molar-refractivity contribution is -0.140. The van der Waals surface area contributed by atoms with Gasteiger partial charge in [0.2, 0.25) is 0 Å². The van der Waals surface area contributed by atoms with Crippen molar-refractivity contribution in [2.24, 2.45) is 0 Å². The highest BCUT2D eigenvalue weighted by molar-refractivity contribution is 6.33. The summed E-state index contributed by atoms with van der Waals surface area (Å²) in [5, 5.41) is 17.5. The SMILES string of the molecule is O=C(O)COc1ccc(C(F)(F)F)cc1-c1ccccc1C(F)(F)F.O=C(O)COc1ccc(C(F)(F)F)cc1-c1ccccc1Cl. The largest absolute Gasteiger partial charge is 0.481 e. The van der Waals surface area contributed by atoms with E-state index in [0.29, 0.717) is 17.7 Å². The van der Waals surface area contributed by atoms with Crippen molar-refractivity contribution in [3.63, 3.8) is 0 Å². The quantitative estimate of drug-likeness (QED) is 0.179. The number of carboxylic acids is 2. The van der Waals surface area contributed by atoms with Crippen LogP contribution in [0.2, 0.25) is 5.02 Å². The van der Waals surface area contributed by atoms with Crippen LogP contribution in [0.3, 0.4) is 0 Å². The minimum absolute atomic E-state index is 0.0171. The molecule has 0 spiro atoms. The number of hydrogen-bond acceptors (Lipinski definition) is 4. The highest BCUT2D eigenvalue weighted by Crippen LogP contribution is 2.43. The molecule has 0 bridgehead atoms. The maximum absolute atomic E-state index is 13.2. The molecule has 250 valence electrons. The van der Waals surface area contributed by atoms with Crippen LogP contribution in [0.5, 0.6) is 11.5 Å². The second kappa shape index (κ2) is 14.7. The zero-order valence-corrected chi connectivity index (χ0v) is 24.1. The van der Waals surface area contributed by atoms with Crippen LogP contribution in [0.15, 0.2) is 84.9 Å². The number of aliphatic carboxylic acids is 2. The van der Waals surface area contributed by atoms with Crippen molar-refractivity contribution in [1.82, 2.24) is 0 Å². The van der Waals surface area contributed by atoms with Gasteiger partial charge in [0.25, 0.3) is 0 Å². The van der Waals surface area contributed by atoms with Gasteiger partial charge in [-0.25, -0.2) is 9.59 Å². The molecule has 4 rings (SSSR count). The molecule has 0 saturated carbocycles. The molecule has 6 nitrogen and oxygen atoms in total. The Kier molecular flexibility index (Phi) is 11.4. The summed E-state index contributed by atoms with van der Waals surface area (Å²) in [4.78, 5) is 21.2. The van der Waals surface area contributed by atoms with Gasteiger partial charge in [-0.3, -0.25) is 0 Å². The van der Waals surface area contributed by atoms with E-state index in [4.69, 9.17) is 31.3 Å². The Labute approximate surface area is 264 Å². The fourth-order valence-corrected chi connectivity index (χ4v) is 4.25. The average molecular weight is 695 g/mol. The smallest absolute Gasteiger partial charge is 0.417 e. The first-order valence-electron chi connectivity index (χ1n) is 12.8. The molecule has 0 aliphatic heterocycles. The van der Waals surface area contributed by atoms with Gasteiger partial charge in [-0.05, 0) is 54.1 Å². The first-order valence-corrected chi connectivity index (χ1v) is 13.2. The molecule has 0 heterocycles. The summed E-state index contributed by atoms with van der Waals surface area (Å²) in [6.07, 6.45) is -14.1. The lowest BCUT2D eigenvalue weighted by Gasteiger charge is -2.17. The van der Waals surface area contributed by atoms with Gasteiger partial charge < -0.3 is 19.7 Å². The molecule has 0 unspecified atom stereocenters. The third-order valence-electron chi connectivity index (χ3n) is 6.00. The third-order valence-corrected chi connectivity index (χ3v) is 6.33. The molecule has 2 N–H and O–H groups in total. The Bertz CT molecular complexity index is 1730. The second-order valence-corrected chi connectivity index (χ2v) is 9.71. The van der Waals surface area contributed by atoms with Gasteiger partial charge in [0.1, 0.15) is 11.5 Å². The van der Waals surface area contributed by atoms with Crippen LogP contribution < -0.4 is 9.47 Å². The normalized spacial score (nSPS) is 11.7. The van der Waals surface area contributed by atoms with Crippen LogP contribution in [-0.4, -0.2) is 35.4 Å². The summed E-state index contributed by atoms with van der Waals surface area (Å²) in [6.45, 7) is -1.57. The summed E-state index contributed by atoms with van der Waals surface area (Å²) in [5.74, 6) is -3.03. The Morgan fingerprint density at radius 2 is 0.957 bits per heavy atom. The number of ether oxygens (including phenoxy) is 2. The lowest BCUT2D eigenvalue weighted by atomic mass is 9.96. The molecule has 0 saturated heterocycles. The van der Waals surface area contributed by atoms with Gasteiger partial charge in [-0.15, -0.1) is 0 Å². The van der Waals surface area contributed by atoms with Crippen molar-refractivity contribution in [3.8, 4) is 33.8 Å². The Hall–Kier alpha value is -4.92. The summed E-state index contributed by atoms with van der Waals surface area (Å²) in [5.41, 5.74) is -3.83. The Morgan fingerprint density at radius 1 is 0.553 bits per heavy atom. The van der Waals surface area contributed by atoms with Crippen LogP contribution >= 0.6 is 11.6 Å². The van der Waals surface area contributed by atoms with E-state index >= 15 is 0 Å². The van der Waals surface area contributed by atoms with E-state index in [1.165, 1.54) is 18.2 Å². The number of hydrogen-bond donors (Lipinski definition) is 2. The van der Waals surface area contributed by atoms with Gasteiger partial charge in [0.15, 0.2) is 13.2 Å². The summed E-state index contributed by atoms with van der Waals surface area (Å²) >= 11 is 6.01. The molecule has 0 aliphatic carbocycles. The van der Waals surface area contributed by atoms with Crippen molar-refractivity contribution in [2.45, 2.75) is 18.5 Å². The van der Waals surface area contributed by atoms with Crippen molar-refractivity contribution in [3.05, 3.63) is 107 Å². The number of benzene rings is 4. The first kappa shape index (κ1) is 36.5. The van der Waals surface area contributed by atoms with E-state index in [0.717, 1.165) is 42.5 Å². The monoisotopic (exact) mass is 694 g/mol. The van der Waals surface area contributed by atoms with Gasteiger partial charge in [0, 0.05) is 21.7 Å². The van der Waals surface area contributed by atoms with E-state index in [-0.39, 0.29) is 16.3 Å². The van der Waals surface area contributed by atoms with Gasteiger partial charge in [0.05, 0.1) is 16.7 Å². The van der Waals surface area contributed by atoms with Crippen LogP contribution in [0.1, 0.15) is 16.7 Å². The highest BCUT2D eigenvalue weighted by atomic mass is 35.5. The molecular weight excluding hydrogens is 675 g/mol. The molecule has 47 heavy (non-hydrogen) atoms. The van der Waals surface area contributed by atoms with Crippen LogP contribution in [-0.2, 0) is 28.1 Å². The molecule has 4 aromatic carbocycles. The van der Waals surface area contributed by atoms with E-state index in [2.05, 4.69) is 0 Å². The number of rotatable bonds is 8. The number of alkyl halides is 9. The fourth-order valence-electron chi connectivity index (χ4n) is 4.01. The lowest BCUT2D eigenvalue weighted by Crippen LogP contribution is -2.12. The minimum Gasteiger partial charge on any atom is -0.481 e. The zero-order valence-electron chi connectivity index (χ0n) is 23.3. The van der Waals surface area contributed by atoms with E-state index in [9.17, 15) is 49.1 Å².